The van der Waals surface area contributed by atoms with Crippen molar-refractivity contribution in [2.75, 3.05) is 19.8 Å². The highest BCUT2D eigenvalue weighted by atomic mass is 16.5. The molecule has 0 aromatic carbocycles. The summed E-state index contributed by atoms with van der Waals surface area (Å²) < 4.78 is 5.30. The molecule has 0 bridgehead atoms. The third-order valence-corrected chi connectivity index (χ3v) is 4.14. The van der Waals surface area contributed by atoms with Crippen LogP contribution in [0, 0.1) is 11.8 Å². The van der Waals surface area contributed by atoms with Crippen LogP contribution in [-0.2, 0) is 19.1 Å². The fraction of sp³-hybridized carbons (Fsp3) is 0.824. The number of carboxylic acid groups (broad SMARTS) is 1. The summed E-state index contributed by atoms with van der Waals surface area (Å²) in [6.45, 7) is 5.21. The Morgan fingerprint density at radius 2 is 1.83 bits per heavy atom. The highest BCUT2D eigenvalue weighted by Gasteiger charge is 2.21. The molecule has 3 N–H and O–H groups in total. The fourth-order valence-corrected chi connectivity index (χ4v) is 2.79. The first-order valence-corrected chi connectivity index (χ1v) is 8.75. The quantitative estimate of drug-likeness (QED) is 0.555. The number of hydrogen-bond acceptors (Lipinski definition) is 4. The first kappa shape index (κ1) is 20.4. The normalized spacial score (nSPS) is 16.6. The monoisotopic (exact) mass is 342 g/mol. The van der Waals surface area contributed by atoms with E-state index in [1.165, 1.54) is 0 Å². The van der Waals surface area contributed by atoms with Crippen LogP contribution in [0.1, 0.15) is 52.4 Å². The van der Waals surface area contributed by atoms with Gasteiger partial charge < -0.3 is 20.5 Å². The number of carbonyl (C=O) groups is 3. The molecule has 1 saturated heterocycles. The predicted octanol–water partition coefficient (Wildman–Crippen LogP) is 1.31. The Bertz CT molecular complexity index is 419. The van der Waals surface area contributed by atoms with E-state index in [1.807, 2.05) is 13.8 Å². The summed E-state index contributed by atoms with van der Waals surface area (Å²) in [5, 5.41) is 14.1. The lowest BCUT2D eigenvalue weighted by Crippen LogP contribution is -2.46. The summed E-state index contributed by atoms with van der Waals surface area (Å²) in [4.78, 5) is 34.6. The molecule has 1 rings (SSSR count). The Kier molecular flexibility index (Phi) is 9.37. The second kappa shape index (κ2) is 11.0. The van der Waals surface area contributed by atoms with Gasteiger partial charge in [-0.15, -0.1) is 0 Å². The van der Waals surface area contributed by atoms with Crippen molar-refractivity contribution in [3.05, 3.63) is 0 Å². The first-order chi connectivity index (χ1) is 11.4. The number of rotatable bonds is 10. The molecule has 7 heteroatoms. The van der Waals surface area contributed by atoms with Gasteiger partial charge in [0.1, 0.15) is 6.04 Å². The third kappa shape index (κ3) is 8.86. The van der Waals surface area contributed by atoms with Gasteiger partial charge in [-0.05, 0) is 43.9 Å². The molecule has 0 unspecified atom stereocenters. The summed E-state index contributed by atoms with van der Waals surface area (Å²) >= 11 is 0. The van der Waals surface area contributed by atoms with Crippen molar-refractivity contribution in [2.45, 2.75) is 58.4 Å². The number of amides is 2. The van der Waals surface area contributed by atoms with Crippen molar-refractivity contribution >= 4 is 17.8 Å². The van der Waals surface area contributed by atoms with Gasteiger partial charge in [-0.1, -0.05) is 13.8 Å². The average molecular weight is 342 g/mol. The molecule has 138 valence electrons. The number of ether oxygens (including phenoxy) is 1. The summed E-state index contributed by atoms with van der Waals surface area (Å²) in [5.41, 5.74) is 0. The predicted molar refractivity (Wildman–Crippen MR) is 89.4 cm³/mol. The maximum absolute atomic E-state index is 11.8. The van der Waals surface area contributed by atoms with Crippen molar-refractivity contribution in [3.8, 4) is 0 Å². The maximum atomic E-state index is 11.8. The zero-order valence-electron chi connectivity index (χ0n) is 14.7. The van der Waals surface area contributed by atoms with Crippen molar-refractivity contribution in [2.24, 2.45) is 11.8 Å². The van der Waals surface area contributed by atoms with Crippen LogP contribution in [0.3, 0.4) is 0 Å². The molecule has 0 radical (unpaired) electrons. The molecule has 0 aromatic heterocycles. The molecule has 0 saturated carbocycles. The van der Waals surface area contributed by atoms with Crippen molar-refractivity contribution in [1.29, 1.82) is 0 Å². The molecule has 1 aliphatic rings. The van der Waals surface area contributed by atoms with Crippen LogP contribution in [0.5, 0.6) is 0 Å². The molecule has 1 atom stereocenters. The van der Waals surface area contributed by atoms with Gasteiger partial charge in [0.15, 0.2) is 0 Å². The van der Waals surface area contributed by atoms with Gasteiger partial charge in [-0.25, -0.2) is 4.79 Å². The van der Waals surface area contributed by atoms with E-state index in [4.69, 9.17) is 9.84 Å². The lowest BCUT2D eigenvalue weighted by atomic mass is 9.94. The van der Waals surface area contributed by atoms with Gasteiger partial charge in [-0.3, -0.25) is 9.59 Å². The Hall–Kier alpha value is -1.63. The molecule has 1 heterocycles. The number of carboxylic acids is 1. The van der Waals surface area contributed by atoms with Crippen LogP contribution in [0.2, 0.25) is 0 Å². The van der Waals surface area contributed by atoms with E-state index in [1.54, 1.807) is 0 Å². The molecule has 1 aliphatic heterocycles. The minimum Gasteiger partial charge on any atom is -0.480 e. The Balaban J connectivity index is 2.17. The number of carbonyl (C=O) groups excluding carboxylic acids is 2. The lowest BCUT2D eigenvalue weighted by Gasteiger charge is -2.21. The van der Waals surface area contributed by atoms with Gasteiger partial charge in [0, 0.05) is 19.6 Å². The van der Waals surface area contributed by atoms with E-state index in [9.17, 15) is 14.4 Å². The molecular formula is C17H30N2O5. The molecule has 1 fully saturated rings. The molecule has 7 nitrogen and oxygen atoms in total. The van der Waals surface area contributed by atoms with Crippen LogP contribution in [-0.4, -0.2) is 48.7 Å². The summed E-state index contributed by atoms with van der Waals surface area (Å²) in [6, 6.07) is -0.914. The van der Waals surface area contributed by atoms with Crippen LogP contribution < -0.4 is 10.6 Å². The van der Waals surface area contributed by atoms with Gasteiger partial charge in [-0.2, -0.15) is 0 Å². The minimum atomic E-state index is -1.06. The zero-order chi connectivity index (χ0) is 17.9. The zero-order valence-corrected chi connectivity index (χ0v) is 14.7. The summed E-state index contributed by atoms with van der Waals surface area (Å²) in [7, 11) is 0. The van der Waals surface area contributed by atoms with E-state index in [-0.39, 0.29) is 18.4 Å². The molecule has 0 spiro atoms. The summed E-state index contributed by atoms with van der Waals surface area (Å²) in [5.74, 6) is -0.915. The van der Waals surface area contributed by atoms with Crippen molar-refractivity contribution < 1.29 is 24.2 Å². The van der Waals surface area contributed by atoms with E-state index in [0.717, 1.165) is 38.9 Å². The van der Waals surface area contributed by atoms with Gasteiger partial charge in [0.05, 0.1) is 6.54 Å². The van der Waals surface area contributed by atoms with Crippen LogP contribution in [0.4, 0.5) is 0 Å². The van der Waals surface area contributed by atoms with E-state index < -0.39 is 17.9 Å². The van der Waals surface area contributed by atoms with Gasteiger partial charge in [0.25, 0.3) is 0 Å². The second-order valence-electron chi connectivity index (χ2n) is 6.81. The Morgan fingerprint density at radius 3 is 2.42 bits per heavy atom. The van der Waals surface area contributed by atoms with Crippen LogP contribution in [0.25, 0.3) is 0 Å². The van der Waals surface area contributed by atoms with Crippen molar-refractivity contribution in [1.82, 2.24) is 10.6 Å². The number of aliphatic carboxylic acids is 1. The lowest BCUT2D eigenvalue weighted by molar-refractivity contribution is -0.142. The highest BCUT2D eigenvalue weighted by molar-refractivity contribution is 5.87. The Labute approximate surface area is 143 Å². The van der Waals surface area contributed by atoms with E-state index in [0.29, 0.717) is 18.8 Å². The molecule has 2 amide bonds. The van der Waals surface area contributed by atoms with E-state index >= 15 is 0 Å². The first-order valence-electron chi connectivity index (χ1n) is 8.75. The highest BCUT2D eigenvalue weighted by Crippen LogP contribution is 2.20. The average Bonchev–Trinajstić information content (AvgIpc) is 2.53. The Morgan fingerprint density at radius 1 is 1.17 bits per heavy atom. The molecule has 24 heavy (non-hydrogen) atoms. The van der Waals surface area contributed by atoms with Crippen LogP contribution >= 0.6 is 0 Å². The van der Waals surface area contributed by atoms with Gasteiger partial charge in [0.2, 0.25) is 11.8 Å². The van der Waals surface area contributed by atoms with Crippen LogP contribution in [0.15, 0.2) is 0 Å². The number of hydrogen-bond donors (Lipinski definition) is 3. The van der Waals surface area contributed by atoms with Crippen molar-refractivity contribution in [3.63, 3.8) is 0 Å². The largest absolute Gasteiger partial charge is 0.480 e. The smallest absolute Gasteiger partial charge is 0.326 e. The maximum Gasteiger partial charge on any atom is 0.326 e. The van der Waals surface area contributed by atoms with E-state index in [2.05, 4.69) is 10.6 Å². The number of nitrogens with one attached hydrogen (secondary N) is 2. The molecular weight excluding hydrogens is 312 g/mol. The topological polar surface area (TPSA) is 105 Å². The fourth-order valence-electron chi connectivity index (χ4n) is 2.79. The minimum absolute atomic E-state index is 0.158. The standard InChI is InChI=1S/C17H30N2O5/c1-12(2)10-14(17(22)23)19-16(21)11-18-15(20)5-3-4-13-6-8-24-9-7-13/h12-14H,3-11H2,1-2H3,(H,18,20)(H,19,21)(H,22,23)/t14-/m0/s1. The third-order valence-electron chi connectivity index (χ3n) is 4.14. The summed E-state index contributed by atoms with van der Waals surface area (Å²) in [6.07, 6.45) is 4.65. The second-order valence-corrected chi connectivity index (χ2v) is 6.81. The molecule has 0 aliphatic carbocycles. The van der Waals surface area contributed by atoms with Gasteiger partial charge >= 0.3 is 5.97 Å². The molecule has 0 aromatic rings. The SMILES string of the molecule is CC(C)C[C@H](NC(=O)CNC(=O)CCCC1CCOCC1)C(=O)O.